The molecule has 15 nitrogen and oxygen atoms in total. The number of methoxy groups -OCH3 is 1. The third-order valence-electron chi connectivity index (χ3n) is 6.37. The lowest BCUT2D eigenvalue weighted by atomic mass is 10.1. The zero-order valence-electron chi connectivity index (χ0n) is 27.4. The van der Waals surface area contributed by atoms with Gasteiger partial charge in [-0.15, -0.1) is 0 Å². The first-order chi connectivity index (χ1) is 20.9. The van der Waals surface area contributed by atoms with Gasteiger partial charge in [0.05, 0.1) is 43.2 Å². The molecule has 0 aromatic carbocycles. The minimum Gasteiger partial charge on any atom is -0.374 e. The number of ether oxygens (including phenoxy) is 2. The average molecular weight is 699 g/mol. The van der Waals surface area contributed by atoms with Gasteiger partial charge in [-0.2, -0.15) is 5.26 Å². The summed E-state index contributed by atoms with van der Waals surface area (Å²) < 4.78 is 78.7. The van der Waals surface area contributed by atoms with Gasteiger partial charge in [0.15, 0.2) is 21.6 Å². The molecule has 1 aliphatic rings. The molecule has 0 aliphatic carbocycles. The molecule has 0 bridgehead atoms. The zero-order valence-corrected chi connectivity index (χ0v) is 30.0. The number of hydrogen-bond acceptors (Lipinski definition) is 13. The summed E-state index contributed by atoms with van der Waals surface area (Å²) in [5.74, 6) is -0.473. The van der Waals surface area contributed by atoms with Gasteiger partial charge in [-0.1, -0.05) is 0 Å². The Labute approximate surface area is 266 Å². The highest BCUT2D eigenvalue weighted by atomic mass is 32.2. The Bertz CT molecular complexity index is 1370. The smallest absolute Gasteiger partial charge is 0.346 e. The maximum Gasteiger partial charge on any atom is 0.346 e. The van der Waals surface area contributed by atoms with E-state index in [1.165, 1.54) is 13.3 Å². The summed E-state index contributed by atoms with van der Waals surface area (Å²) >= 11 is 0. The van der Waals surface area contributed by atoms with Gasteiger partial charge >= 0.3 is 13.3 Å². The van der Waals surface area contributed by atoms with Gasteiger partial charge in [-0.25, -0.2) is 17.9 Å². The van der Waals surface area contributed by atoms with E-state index < -0.39 is 85.2 Å². The van der Waals surface area contributed by atoms with E-state index in [1.54, 1.807) is 27.7 Å². The van der Waals surface area contributed by atoms with Crippen LogP contribution in [0.1, 0.15) is 74.5 Å². The molecule has 2 heterocycles. The fourth-order valence-corrected chi connectivity index (χ4v) is 11.5. The van der Waals surface area contributed by atoms with Gasteiger partial charge in [0.2, 0.25) is 0 Å². The third-order valence-corrected chi connectivity index (χ3v) is 13.7. The van der Waals surface area contributed by atoms with Gasteiger partial charge in [-0.05, 0) is 61.8 Å². The number of aromatic amines is 1. The molecule has 18 heteroatoms. The minimum absolute atomic E-state index is 0.0333. The second-order valence-electron chi connectivity index (χ2n) is 11.7. The number of sulfone groups is 1. The van der Waals surface area contributed by atoms with Crippen molar-refractivity contribution in [3.8, 4) is 6.07 Å². The van der Waals surface area contributed by atoms with Crippen molar-refractivity contribution in [3.63, 3.8) is 0 Å². The maximum atomic E-state index is 13.4. The second-order valence-corrected chi connectivity index (χ2v) is 17.7. The number of nitrogens with one attached hydrogen (secondary N) is 1. The van der Waals surface area contributed by atoms with Crippen molar-refractivity contribution >= 4 is 26.0 Å². The molecule has 0 radical (unpaired) electrons. The molecule has 258 valence electrons. The van der Waals surface area contributed by atoms with Crippen molar-refractivity contribution < 1.29 is 40.6 Å². The summed E-state index contributed by atoms with van der Waals surface area (Å²) in [4.78, 5) is 26.7. The summed E-state index contributed by atoms with van der Waals surface area (Å²) in [6, 6.07) is 3.14. The summed E-state index contributed by atoms with van der Waals surface area (Å²) in [7, 11) is -8.46. The lowest BCUT2D eigenvalue weighted by Crippen LogP contribution is -2.41. The molecular weight excluding hydrogens is 650 g/mol. The van der Waals surface area contributed by atoms with Crippen LogP contribution in [0.4, 0.5) is 0 Å². The van der Waals surface area contributed by atoms with E-state index in [9.17, 15) is 22.6 Å². The molecule has 1 aromatic rings. The van der Waals surface area contributed by atoms with Crippen LogP contribution < -0.4 is 11.2 Å². The van der Waals surface area contributed by atoms with Gasteiger partial charge in [0.1, 0.15) is 12.2 Å². The lowest BCUT2D eigenvalue weighted by Gasteiger charge is -2.38. The Morgan fingerprint density at radius 1 is 1.09 bits per heavy atom. The Hall–Kier alpha value is -1.50. The molecule has 1 saturated heterocycles. The van der Waals surface area contributed by atoms with Crippen molar-refractivity contribution in [3.05, 3.63) is 33.1 Å². The fraction of sp³-hybridized carbons (Fsp3) is 0.815. The predicted octanol–water partition coefficient (Wildman–Crippen LogP) is 3.92. The summed E-state index contributed by atoms with van der Waals surface area (Å²) in [5.41, 5.74) is -2.18. The molecule has 45 heavy (non-hydrogen) atoms. The van der Waals surface area contributed by atoms with Gasteiger partial charge in [0.25, 0.3) is 14.1 Å². The number of aromatic nitrogens is 2. The summed E-state index contributed by atoms with van der Waals surface area (Å²) in [6.07, 6.45) is -3.76. The Morgan fingerprint density at radius 2 is 1.69 bits per heavy atom. The van der Waals surface area contributed by atoms with Crippen molar-refractivity contribution in [1.82, 2.24) is 14.2 Å². The minimum atomic E-state index is -4.03. The Kier molecular flexibility index (Phi) is 15.5. The van der Waals surface area contributed by atoms with Gasteiger partial charge in [-0.3, -0.25) is 18.9 Å². The fourth-order valence-electron chi connectivity index (χ4n) is 4.90. The first-order valence-electron chi connectivity index (χ1n) is 14.8. The highest BCUT2D eigenvalue weighted by Crippen LogP contribution is 2.53. The molecule has 1 aromatic heterocycles. The Balaban J connectivity index is 2.49. The van der Waals surface area contributed by atoms with Crippen LogP contribution >= 0.6 is 16.1 Å². The van der Waals surface area contributed by atoms with Crippen molar-refractivity contribution in [2.75, 3.05) is 25.0 Å². The zero-order chi connectivity index (χ0) is 34.1. The van der Waals surface area contributed by atoms with E-state index >= 15 is 0 Å². The SMILES string of the molecule is CO[C@@H]1[C@H](OP(OCCC#N)N(C(C)C)C(C)C)C(CCS(=O)(=O)CP(=O)(OC(C)C)OC(C)C)O[C@H]1n1ccc(=O)[nH]c1=O. The quantitative estimate of drug-likeness (QED) is 0.162. The van der Waals surface area contributed by atoms with E-state index in [2.05, 4.69) is 4.98 Å². The number of nitrogens with zero attached hydrogens (tertiary/aromatic N) is 3. The molecule has 1 fully saturated rings. The van der Waals surface area contributed by atoms with Gasteiger partial charge < -0.3 is 27.6 Å². The van der Waals surface area contributed by atoms with E-state index in [4.69, 9.17) is 32.8 Å². The number of hydrogen-bond donors (Lipinski definition) is 1. The van der Waals surface area contributed by atoms with Crippen molar-refractivity contribution in [2.24, 2.45) is 0 Å². The molecule has 5 atom stereocenters. The van der Waals surface area contributed by atoms with Gasteiger partial charge in [0, 0.05) is 31.5 Å². The van der Waals surface area contributed by atoms with Crippen LogP contribution in [0, 0.1) is 11.3 Å². The summed E-state index contributed by atoms with van der Waals surface area (Å²) in [5, 5.41) is 9.10. The maximum absolute atomic E-state index is 13.4. The average Bonchev–Trinajstić information content (AvgIpc) is 3.22. The predicted molar refractivity (Wildman–Crippen MR) is 169 cm³/mol. The van der Waals surface area contributed by atoms with Crippen LogP contribution in [-0.2, 0) is 42.0 Å². The topological polar surface area (TPSA) is 188 Å². The van der Waals surface area contributed by atoms with E-state index in [-0.39, 0.29) is 31.5 Å². The third kappa shape index (κ3) is 11.9. The van der Waals surface area contributed by atoms with Crippen LogP contribution in [0.3, 0.4) is 0 Å². The second kappa shape index (κ2) is 17.6. The number of nitriles is 1. The first-order valence-corrected chi connectivity index (χ1v) is 19.5. The van der Waals surface area contributed by atoms with Crippen LogP contribution in [-0.4, -0.2) is 90.2 Å². The monoisotopic (exact) mass is 698 g/mol. The molecule has 0 spiro atoms. The molecule has 1 aliphatic heterocycles. The summed E-state index contributed by atoms with van der Waals surface area (Å²) in [6.45, 7) is 14.5. The van der Waals surface area contributed by atoms with Crippen LogP contribution in [0.5, 0.6) is 0 Å². The molecule has 2 rings (SSSR count). The van der Waals surface area contributed by atoms with Crippen LogP contribution in [0.2, 0.25) is 0 Å². The molecule has 2 unspecified atom stereocenters. The van der Waals surface area contributed by atoms with Crippen LogP contribution in [0.25, 0.3) is 0 Å². The highest BCUT2D eigenvalue weighted by Gasteiger charge is 2.50. The normalized spacial score (nSPS) is 21.8. The lowest BCUT2D eigenvalue weighted by molar-refractivity contribution is -0.0538. The van der Waals surface area contributed by atoms with E-state index in [0.717, 1.165) is 10.6 Å². The molecule has 0 amide bonds. The van der Waals surface area contributed by atoms with Crippen molar-refractivity contribution in [1.29, 1.82) is 5.26 Å². The van der Waals surface area contributed by atoms with E-state index in [0.29, 0.717) is 0 Å². The standard InChI is InChI=1S/C27H48N4O11P2S/c1-18(2)31(19(3)4)43(38-15-10-13-28)40-24-22(39-26(25(24)37-9)30-14-11-23(32)29-27(30)33)12-16-45(35,36)17-44(34,41-20(5)6)42-21(7)8/h11,14,18-22,24-26H,10,12,15-17H2,1-9H3,(H,29,32,33)/t22?,24-,25-,26-,43?/m1/s1. The van der Waals surface area contributed by atoms with Crippen LogP contribution in [0.15, 0.2) is 21.9 Å². The first kappa shape index (κ1) is 39.7. The highest BCUT2D eigenvalue weighted by molar-refractivity contribution is 7.97. The molecular formula is C27H48N4O11P2S. The van der Waals surface area contributed by atoms with Crippen molar-refractivity contribution in [2.45, 2.75) is 117 Å². The number of H-pyrrole nitrogens is 1. The Morgan fingerprint density at radius 3 is 2.18 bits per heavy atom. The van der Waals surface area contributed by atoms with E-state index in [1.807, 2.05) is 38.4 Å². The largest absolute Gasteiger partial charge is 0.374 e. The molecule has 0 saturated carbocycles. The molecule has 1 N–H and O–H groups in total. The number of rotatable bonds is 19.